The van der Waals surface area contributed by atoms with Gasteiger partial charge in [0.25, 0.3) is 5.56 Å². The first-order chi connectivity index (χ1) is 16.5. The van der Waals surface area contributed by atoms with Crippen LogP contribution in [0.2, 0.25) is 0 Å². The number of hydrogen-bond donors (Lipinski definition) is 2. The van der Waals surface area contributed by atoms with Gasteiger partial charge in [0.2, 0.25) is 0 Å². The first-order valence-electron chi connectivity index (χ1n) is 11.6. The van der Waals surface area contributed by atoms with Crippen LogP contribution in [0, 0.1) is 6.92 Å². The number of benzene rings is 2. The van der Waals surface area contributed by atoms with Gasteiger partial charge in [0.1, 0.15) is 5.75 Å². The van der Waals surface area contributed by atoms with E-state index in [1.807, 2.05) is 36.4 Å². The minimum absolute atomic E-state index is 0.114. The van der Waals surface area contributed by atoms with Gasteiger partial charge in [0.05, 0.1) is 32.4 Å². The number of aromatic nitrogens is 1. The smallest absolute Gasteiger partial charge is 0.253 e. The molecule has 0 radical (unpaired) electrons. The van der Waals surface area contributed by atoms with Crippen LogP contribution in [0.15, 0.2) is 53.3 Å². The highest BCUT2D eigenvalue weighted by atomic mass is 32.1. The molecule has 0 spiro atoms. The van der Waals surface area contributed by atoms with E-state index in [0.29, 0.717) is 23.0 Å². The number of nitrogens with zero attached hydrogens (tertiary/aromatic N) is 2. The van der Waals surface area contributed by atoms with Crippen LogP contribution in [0.5, 0.6) is 5.75 Å². The number of rotatable bonds is 8. The predicted molar refractivity (Wildman–Crippen MR) is 141 cm³/mol. The van der Waals surface area contributed by atoms with Crippen LogP contribution in [0.1, 0.15) is 17.5 Å². The van der Waals surface area contributed by atoms with Crippen molar-refractivity contribution in [2.45, 2.75) is 19.9 Å². The van der Waals surface area contributed by atoms with E-state index >= 15 is 0 Å². The van der Waals surface area contributed by atoms with E-state index in [0.717, 1.165) is 62.4 Å². The largest absolute Gasteiger partial charge is 0.497 e. The van der Waals surface area contributed by atoms with Crippen molar-refractivity contribution in [3.63, 3.8) is 0 Å². The number of methoxy groups -OCH3 is 1. The molecule has 8 heteroatoms. The number of thiocarbonyl (C=S) groups is 1. The van der Waals surface area contributed by atoms with Gasteiger partial charge in [-0.2, -0.15) is 0 Å². The van der Waals surface area contributed by atoms with Crippen molar-refractivity contribution >= 4 is 33.9 Å². The molecule has 3 aromatic rings. The molecule has 0 amide bonds. The van der Waals surface area contributed by atoms with E-state index < -0.39 is 0 Å². The fourth-order valence-electron chi connectivity index (χ4n) is 4.08. The first-order valence-corrected chi connectivity index (χ1v) is 12.1. The third kappa shape index (κ3) is 6.34. The number of morpholine rings is 1. The van der Waals surface area contributed by atoms with Crippen molar-refractivity contribution in [3.05, 3.63) is 70.0 Å². The summed E-state index contributed by atoms with van der Waals surface area (Å²) in [5.41, 5.74) is 3.45. The number of anilines is 1. The number of H-pyrrole nitrogens is 1. The van der Waals surface area contributed by atoms with Crippen molar-refractivity contribution in [1.82, 2.24) is 14.8 Å². The van der Waals surface area contributed by atoms with Crippen molar-refractivity contribution in [2.24, 2.45) is 0 Å². The Morgan fingerprint density at radius 3 is 2.68 bits per heavy atom. The summed E-state index contributed by atoms with van der Waals surface area (Å²) in [5, 5.41) is 4.92. The predicted octanol–water partition coefficient (Wildman–Crippen LogP) is 3.77. The number of aromatic amines is 1. The molecule has 1 aliphatic rings. The molecule has 0 unspecified atom stereocenters. The molecular formula is C26H32N4O3S. The molecule has 2 aromatic carbocycles. The average Bonchev–Trinajstić information content (AvgIpc) is 2.85. The highest BCUT2D eigenvalue weighted by Crippen LogP contribution is 2.19. The van der Waals surface area contributed by atoms with E-state index in [2.05, 4.69) is 39.2 Å². The van der Waals surface area contributed by atoms with Crippen LogP contribution < -0.4 is 15.6 Å². The van der Waals surface area contributed by atoms with Crippen LogP contribution in [-0.4, -0.2) is 66.4 Å². The van der Waals surface area contributed by atoms with Crippen LogP contribution in [0.25, 0.3) is 10.9 Å². The third-order valence-electron chi connectivity index (χ3n) is 6.09. The molecule has 2 heterocycles. The molecule has 1 fully saturated rings. The number of pyridine rings is 1. The van der Waals surface area contributed by atoms with E-state index in [4.69, 9.17) is 21.7 Å². The summed E-state index contributed by atoms with van der Waals surface area (Å²) in [7, 11) is 1.62. The first kappa shape index (κ1) is 24.2. The van der Waals surface area contributed by atoms with Crippen molar-refractivity contribution in [2.75, 3.05) is 51.8 Å². The van der Waals surface area contributed by atoms with Crippen LogP contribution >= 0.6 is 12.2 Å². The molecule has 1 aromatic heterocycles. The van der Waals surface area contributed by atoms with E-state index in [1.54, 1.807) is 7.11 Å². The number of fused-ring (bicyclic) bond motifs is 1. The normalized spacial score (nSPS) is 14.2. The van der Waals surface area contributed by atoms with Gasteiger partial charge < -0.3 is 24.7 Å². The summed E-state index contributed by atoms with van der Waals surface area (Å²) in [6.07, 6.45) is 0.943. The molecule has 0 aliphatic carbocycles. The second-order valence-electron chi connectivity index (χ2n) is 8.60. The second-order valence-corrected chi connectivity index (χ2v) is 8.99. The molecule has 4 rings (SSSR count). The molecule has 7 nitrogen and oxygen atoms in total. The lowest BCUT2D eigenvalue weighted by Crippen LogP contribution is -2.40. The van der Waals surface area contributed by atoms with Crippen LogP contribution in [0.3, 0.4) is 0 Å². The molecular weight excluding hydrogens is 448 g/mol. The number of ether oxygens (including phenoxy) is 2. The number of aryl methyl sites for hydroxylation is 1. The lowest BCUT2D eigenvalue weighted by molar-refractivity contribution is 0.0367. The maximum atomic E-state index is 12.9. The Hall–Kier alpha value is -2.94. The molecule has 1 saturated heterocycles. The molecule has 2 N–H and O–H groups in total. The van der Waals surface area contributed by atoms with Gasteiger partial charge in [-0.25, -0.2) is 0 Å². The Bertz CT molecular complexity index is 1170. The Kier molecular flexibility index (Phi) is 8.16. The van der Waals surface area contributed by atoms with Crippen molar-refractivity contribution < 1.29 is 9.47 Å². The lowest BCUT2D eigenvalue weighted by Gasteiger charge is -2.29. The quantitative estimate of drug-likeness (QED) is 0.476. The number of nitrogens with one attached hydrogen (secondary N) is 2. The zero-order valence-corrected chi connectivity index (χ0v) is 20.6. The van der Waals surface area contributed by atoms with E-state index in [-0.39, 0.29) is 5.56 Å². The van der Waals surface area contributed by atoms with E-state index in [9.17, 15) is 4.79 Å². The van der Waals surface area contributed by atoms with Gasteiger partial charge in [-0.05, 0) is 61.3 Å². The fraction of sp³-hybridized carbons (Fsp3) is 0.385. The standard InChI is InChI=1S/C26H32N4O3S/c1-19-4-7-22(8-5-19)27-26(34)30(11-3-10-29-12-14-33-15-13-29)18-21-16-20-6-9-23(32-2)17-24(20)28-25(21)31/h4-9,16-17H,3,10-15,18H2,1-2H3,(H,27,34)(H,28,31). The van der Waals surface area contributed by atoms with Gasteiger partial charge in [0, 0.05) is 43.5 Å². The summed E-state index contributed by atoms with van der Waals surface area (Å²) < 4.78 is 10.7. The average molecular weight is 481 g/mol. The topological polar surface area (TPSA) is 69.8 Å². The summed E-state index contributed by atoms with van der Waals surface area (Å²) >= 11 is 5.78. The Morgan fingerprint density at radius 1 is 1.18 bits per heavy atom. The van der Waals surface area contributed by atoms with Crippen LogP contribution in [0.4, 0.5) is 5.69 Å². The Morgan fingerprint density at radius 2 is 1.94 bits per heavy atom. The van der Waals surface area contributed by atoms with Crippen LogP contribution in [-0.2, 0) is 11.3 Å². The molecule has 0 saturated carbocycles. The molecule has 0 bridgehead atoms. The summed E-state index contributed by atoms with van der Waals surface area (Å²) in [6, 6.07) is 15.8. The van der Waals surface area contributed by atoms with Crippen molar-refractivity contribution in [1.29, 1.82) is 0 Å². The van der Waals surface area contributed by atoms with Gasteiger partial charge >= 0.3 is 0 Å². The van der Waals surface area contributed by atoms with Gasteiger partial charge in [0.15, 0.2) is 5.11 Å². The second kappa shape index (κ2) is 11.5. The molecule has 180 valence electrons. The summed E-state index contributed by atoms with van der Waals surface area (Å²) in [4.78, 5) is 20.4. The summed E-state index contributed by atoms with van der Waals surface area (Å²) in [6.45, 7) is 7.69. The van der Waals surface area contributed by atoms with Crippen molar-refractivity contribution in [3.8, 4) is 5.75 Å². The summed E-state index contributed by atoms with van der Waals surface area (Å²) in [5.74, 6) is 0.712. The Labute approximate surface area is 205 Å². The molecule has 1 aliphatic heterocycles. The maximum absolute atomic E-state index is 12.9. The Balaban J connectivity index is 1.51. The molecule has 0 atom stereocenters. The van der Waals surface area contributed by atoms with E-state index in [1.165, 1.54) is 5.56 Å². The highest BCUT2D eigenvalue weighted by Gasteiger charge is 2.16. The maximum Gasteiger partial charge on any atom is 0.253 e. The van der Waals surface area contributed by atoms with Gasteiger partial charge in [-0.3, -0.25) is 9.69 Å². The minimum atomic E-state index is -0.114. The lowest BCUT2D eigenvalue weighted by atomic mass is 10.1. The molecule has 34 heavy (non-hydrogen) atoms. The highest BCUT2D eigenvalue weighted by molar-refractivity contribution is 7.80. The third-order valence-corrected chi connectivity index (χ3v) is 6.45. The zero-order valence-electron chi connectivity index (χ0n) is 19.8. The monoisotopic (exact) mass is 480 g/mol. The van der Waals surface area contributed by atoms with Gasteiger partial charge in [-0.1, -0.05) is 17.7 Å². The fourth-order valence-corrected chi connectivity index (χ4v) is 4.35. The SMILES string of the molecule is COc1ccc2cc(CN(CCCN3CCOCC3)C(=S)Nc3ccc(C)cc3)c(=O)[nH]c2c1. The zero-order chi connectivity index (χ0) is 23.9. The van der Waals surface area contributed by atoms with Gasteiger partial charge in [-0.15, -0.1) is 0 Å². The minimum Gasteiger partial charge on any atom is -0.497 e. The number of hydrogen-bond acceptors (Lipinski definition) is 5.